The van der Waals surface area contributed by atoms with Gasteiger partial charge in [0.15, 0.2) is 0 Å². The second-order valence-electron chi connectivity index (χ2n) is 2.94. The Kier molecular flexibility index (Phi) is 4.21. The van der Waals surface area contributed by atoms with E-state index in [2.05, 4.69) is 20.8 Å². The standard InChI is InChI=1S/C8H19OSi/c1-5-8(4,9)10(6-2)7-3/h9H,5-7H2,1-4H3. The Bertz CT molecular complexity index is 87.3. The Labute approximate surface area is 66.1 Å². The van der Waals surface area contributed by atoms with E-state index < -0.39 is 8.80 Å². The summed E-state index contributed by atoms with van der Waals surface area (Å²) in [6, 6.07) is 2.37. The van der Waals surface area contributed by atoms with E-state index in [0.717, 1.165) is 6.42 Å². The lowest BCUT2D eigenvalue weighted by molar-refractivity contribution is 0.134. The summed E-state index contributed by atoms with van der Waals surface area (Å²) < 4.78 is 0. The van der Waals surface area contributed by atoms with Crippen LogP contribution in [0, 0.1) is 0 Å². The summed E-state index contributed by atoms with van der Waals surface area (Å²) in [4.78, 5) is 0. The monoisotopic (exact) mass is 159 g/mol. The van der Waals surface area contributed by atoms with E-state index in [0.29, 0.717) is 0 Å². The maximum absolute atomic E-state index is 9.83. The predicted molar refractivity (Wildman–Crippen MR) is 47.6 cm³/mol. The molecule has 0 rings (SSSR count). The summed E-state index contributed by atoms with van der Waals surface area (Å²) in [5, 5.41) is 9.49. The zero-order chi connectivity index (χ0) is 8.20. The molecule has 0 aliphatic rings. The molecule has 0 aromatic heterocycles. The smallest absolute Gasteiger partial charge is 0.0876 e. The molecule has 1 N–H and O–H groups in total. The summed E-state index contributed by atoms with van der Waals surface area (Å²) >= 11 is 0. The van der Waals surface area contributed by atoms with E-state index in [9.17, 15) is 5.11 Å². The maximum atomic E-state index is 9.83. The van der Waals surface area contributed by atoms with Crippen LogP contribution in [0.2, 0.25) is 12.1 Å². The summed E-state index contributed by atoms with van der Waals surface area (Å²) in [5.41, 5.74) is 0. The Morgan fingerprint density at radius 3 is 1.70 bits per heavy atom. The topological polar surface area (TPSA) is 20.2 Å². The van der Waals surface area contributed by atoms with Gasteiger partial charge in [0.1, 0.15) is 0 Å². The third-order valence-corrected chi connectivity index (χ3v) is 5.89. The Morgan fingerprint density at radius 2 is 1.60 bits per heavy atom. The van der Waals surface area contributed by atoms with E-state index >= 15 is 0 Å². The van der Waals surface area contributed by atoms with E-state index in [1.165, 1.54) is 12.1 Å². The molecule has 0 fully saturated rings. The van der Waals surface area contributed by atoms with E-state index in [4.69, 9.17) is 0 Å². The molecule has 0 aromatic rings. The van der Waals surface area contributed by atoms with Gasteiger partial charge in [-0.15, -0.1) is 0 Å². The molecule has 2 heteroatoms. The first-order valence-electron chi connectivity index (χ1n) is 4.16. The second-order valence-corrected chi connectivity index (χ2v) is 6.64. The van der Waals surface area contributed by atoms with Crippen LogP contribution in [-0.4, -0.2) is 19.1 Å². The van der Waals surface area contributed by atoms with Crippen molar-refractivity contribution < 1.29 is 5.11 Å². The first kappa shape index (κ1) is 10.2. The molecule has 0 aromatic carbocycles. The lowest BCUT2D eigenvalue weighted by atomic mass is 10.3. The van der Waals surface area contributed by atoms with Crippen LogP contribution in [0.5, 0.6) is 0 Å². The van der Waals surface area contributed by atoms with Crippen LogP contribution in [0.3, 0.4) is 0 Å². The van der Waals surface area contributed by atoms with Crippen molar-refractivity contribution in [3.8, 4) is 0 Å². The zero-order valence-corrected chi connectivity index (χ0v) is 8.57. The van der Waals surface area contributed by atoms with Crippen LogP contribution in [0.1, 0.15) is 34.1 Å². The van der Waals surface area contributed by atoms with Crippen molar-refractivity contribution in [1.29, 1.82) is 0 Å². The van der Waals surface area contributed by atoms with Gasteiger partial charge in [-0.1, -0.05) is 32.9 Å². The van der Waals surface area contributed by atoms with Gasteiger partial charge in [0.05, 0.1) is 14.0 Å². The highest BCUT2D eigenvalue weighted by atomic mass is 28.3. The Morgan fingerprint density at radius 1 is 1.20 bits per heavy atom. The summed E-state index contributed by atoms with van der Waals surface area (Å²) in [6.07, 6.45) is 0.906. The van der Waals surface area contributed by atoms with Gasteiger partial charge in [-0.25, -0.2) is 0 Å². The predicted octanol–water partition coefficient (Wildman–Crippen LogP) is 2.22. The van der Waals surface area contributed by atoms with Crippen LogP contribution in [0.15, 0.2) is 0 Å². The zero-order valence-electron chi connectivity index (χ0n) is 7.57. The summed E-state index contributed by atoms with van der Waals surface area (Å²) in [5.74, 6) is 0. The van der Waals surface area contributed by atoms with E-state index in [-0.39, 0.29) is 5.22 Å². The van der Waals surface area contributed by atoms with Gasteiger partial charge in [0.25, 0.3) is 0 Å². The van der Waals surface area contributed by atoms with Crippen molar-refractivity contribution >= 4 is 8.80 Å². The number of hydrogen-bond acceptors (Lipinski definition) is 1. The maximum Gasteiger partial charge on any atom is 0.0876 e. The molecule has 1 radical (unpaired) electrons. The molecular formula is C8H19OSi. The third-order valence-electron chi connectivity index (χ3n) is 2.30. The summed E-state index contributed by atoms with van der Waals surface area (Å²) in [6.45, 7) is 8.41. The average molecular weight is 159 g/mol. The second kappa shape index (κ2) is 4.14. The van der Waals surface area contributed by atoms with Gasteiger partial charge >= 0.3 is 0 Å². The highest BCUT2D eigenvalue weighted by Gasteiger charge is 2.28. The Hall–Kier alpha value is 0.177. The summed E-state index contributed by atoms with van der Waals surface area (Å²) in [7, 11) is -0.495. The van der Waals surface area contributed by atoms with Gasteiger partial charge in [0.2, 0.25) is 0 Å². The lowest BCUT2D eigenvalue weighted by Crippen LogP contribution is -2.41. The van der Waals surface area contributed by atoms with Crippen LogP contribution < -0.4 is 0 Å². The SMILES string of the molecule is CC[Si](CC)C(C)(O)CC. The van der Waals surface area contributed by atoms with Crippen LogP contribution >= 0.6 is 0 Å². The van der Waals surface area contributed by atoms with Crippen LogP contribution in [-0.2, 0) is 0 Å². The molecule has 0 aliphatic heterocycles. The van der Waals surface area contributed by atoms with Gasteiger partial charge in [0, 0.05) is 0 Å². The Balaban J connectivity index is 3.97. The van der Waals surface area contributed by atoms with Crippen molar-refractivity contribution in [3.63, 3.8) is 0 Å². The molecule has 1 unspecified atom stereocenters. The van der Waals surface area contributed by atoms with Crippen molar-refractivity contribution in [3.05, 3.63) is 0 Å². The van der Waals surface area contributed by atoms with Crippen molar-refractivity contribution in [2.75, 3.05) is 0 Å². The average Bonchev–Trinajstić information content (AvgIpc) is 1.90. The van der Waals surface area contributed by atoms with Gasteiger partial charge in [-0.2, -0.15) is 0 Å². The fourth-order valence-corrected chi connectivity index (χ4v) is 3.79. The van der Waals surface area contributed by atoms with Gasteiger partial charge in [-0.3, -0.25) is 0 Å². The van der Waals surface area contributed by atoms with Crippen molar-refractivity contribution in [1.82, 2.24) is 0 Å². The minimum atomic E-state index is -0.495. The molecule has 61 valence electrons. The highest BCUT2D eigenvalue weighted by molar-refractivity contribution is 6.61. The largest absolute Gasteiger partial charge is 0.394 e. The first-order valence-corrected chi connectivity index (χ1v) is 6.07. The minimum Gasteiger partial charge on any atom is -0.394 e. The van der Waals surface area contributed by atoms with E-state index in [1.807, 2.05) is 6.92 Å². The molecule has 1 nitrogen and oxygen atoms in total. The molecule has 0 saturated carbocycles. The van der Waals surface area contributed by atoms with Gasteiger partial charge in [-0.05, 0) is 13.3 Å². The lowest BCUT2D eigenvalue weighted by Gasteiger charge is -2.28. The van der Waals surface area contributed by atoms with Gasteiger partial charge < -0.3 is 5.11 Å². The molecule has 0 bridgehead atoms. The fourth-order valence-electron chi connectivity index (χ4n) is 1.26. The number of aliphatic hydroxyl groups is 1. The van der Waals surface area contributed by atoms with Crippen LogP contribution in [0.25, 0.3) is 0 Å². The molecule has 1 atom stereocenters. The normalized spacial score (nSPS) is 17.4. The molecule has 0 saturated heterocycles. The molecule has 0 heterocycles. The number of rotatable bonds is 4. The van der Waals surface area contributed by atoms with E-state index in [1.54, 1.807) is 0 Å². The third kappa shape index (κ3) is 2.43. The minimum absolute atomic E-state index is 0.339. The van der Waals surface area contributed by atoms with Crippen molar-refractivity contribution in [2.45, 2.75) is 51.4 Å². The fraction of sp³-hybridized carbons (Fsp3) is 1.00. The molecule has 10 heavy (non-hydrogen) atoms. The number of hydrogen-bond donors (Lipinski definition) is 1. The molecule has 0 spiro atoms. The molecule has 0 amide bonds. The molecular weight excluding hydrogens is 140 g/mol. The van der Waals surface area contributed by atoms with Crippen molar-refractivity contribution in [2.24, 2.45) is 0 Å². The highest BCUT2D eigenvalue weighted by Crippen LogP contribution is 2.18. The quantitative estimate of drug-likeness (QED) is 0.624. The first-order chi connectivity index (χ1) is 4.58. The van der Waals surface area contributed by atoms with Crippen LogP contribution in [0.4, 0.5) is 0 Å². The molecule has 0 aliphatic carbocycles.